The number of likely N-dealkylation sites (N-methyl/N-ethyl adjacent to an activating group) is 2. The molecule has 0 bridgehead atoms. The van der Waals surface area contributed by atoms with Gasteiger partial charge in [-0.3, -0.25) is 19.4 Å². The maximum atomic E-state index is 12.6. The van der Waals surface area contributed by atoms with Crippen LogP contribution in [0.2, 0.25) is 0 Å². The fraction of sp³-hybridized carbons (Fsp3) is 0.300. The van der Waals surface area contributed by atoms with Gasteiger partial charge in [-0.1, -0.05) is 18.2 Å². The van der Waals surface area contributed by atoms with E-state index in [0.29, 0.717) is 37.7 Å². The van der Waals surface area contributed by atoms with Crippen molar-refractivity contribution in [3.63, 3.8) is 0 Å². The topological polar surface area (TPSA) is 83.1 Å². The quantitative estimate of drug-likeness (QED) is 0.580. The Morgan fingerprint density at radius 2 is 1.64 bits per heavy atom. The molecule has 2 aliphatic heterocycles. The molecule has 8 nitrogen and oxygen atoms in total. The molecule has 0 atom stereocenters. The molecule has 2 aliphatic rings. The number of pyridine rings is 1. The molecule has 2 aromatic rings. The minimum Gasteiger partial charge on any atom is -0.378 e. The third-order valence-corrected chi connectivity index (χ3v) is 4.99. The van der Waals surface area contributed by atoms with E-state index >= 15 is 0 Å². The normalized spacial score (nSPS) is 18.3. The number of ether oxygens (including phenoxy) is 1. The van der Waals surface area contributed by atoms with Crippen molar-refractivity contribution in [2.45, 2.75) is 0 Å². The predicted molar refractivity (Wildman–Crippen MR) is 104 cm³/mol. The molecule has 0 N–H and O–H groups in total. The second-order valence-corrected chi connectivity index (χ2v) is 6.76. The molecule has 0 unspecified atom stereocenters. The Hall–Kier alpha value is -3.26. The molecule has 28 heavy (non-hydrogen) atoms. The van der Waals surface area contributed by atoms with Gasteiger partial charge in [0.05, 0.1) is 18.7 Å². The van der Waals surface area contributed by atoms with Crippen LogP contribution < -0.4 is 4.90 Å². The second-order valence-electron chi connectivity index (χ2n) is 6.76. The Balaban J connectivity index is 1.86. The van der Waals surface area contributed by atoms with E-state index in [9.17, 15) is 14.4 Å². The summed E-state index contributed by atoms with van der Waals surface area (Å²) in [6.07, 6.45) is 1.54. The minimum atomic E-state index is -0.641. The molecule has 3 heterocycles. The molecule has 0 radical (unpaired) electrons. The Kier molecular flexibility index (Phi) is 4.56. The van der Waals surface area contributed by atoms with Crippen LogP contribution in [0.4, 0.5) is 10.6 Å². The maximum Gasteiger partial charge on any atom is 0.333 e. The molecule has 4 amide bonds. The highest BCUT2D eigenvalue weighted by Crippen LogP contribution is 2.28. The van der Waals surface area contributed by atoms with Gasteiger partial charge in [-0.05, 0) is 18.2 Å². The summed E-state index contributed by atoms with van der Waals surface area (Å²) in [7, 11) is 2.73. The fourth-order valence-corrected chi connectivity index (χ4v) is 3.39. The number of benzene rings is 1. The number of hydrogen-bond donors (Lipinski definition) is 0. The maximum absolute atomic E-state index is 12.6. The SMILES string of the molecule is CN1C(=O)C(=Cc2cc3ccccc3nc2N2CCOCC2)C(=O)N(C)C1=O. The predicted octanol–water partition coefficient (Wildman–Crippen LogP) is 1.51. The number of amides is 4. The first-order chi connectivity index (χ1) is 13.5. The van der Waals surface area contributed by atoms with Crippen LogP contribution in [0.3, 0.4) is 0 Å². The third-order valence-electron chi connectivity index (χ3n) is 4.99. The van der Waals surface area contributed by atoms with Crippen molar-refractivity contribution in [2.75, 3.05) is 45.3 Å². The number of morpholine rings is 1. The van der Waals surface area contributed by atoms with Gasteiger partial charge in [0, 0.05) is 38.1 Å². The van der Waals surface area contributed by atoms with Crippen LogP contribution in [0.1, 0.15) is 5.56 Å². The molecule has 0 saturated carbocycles. The zero-order valence-corrected chi connectivity index (χ0v) is 15.7. The lowest BCUT2D eigenvalue weighted by atomic mass is 10.0. The average Bonchev–Trinajstić information content (AvgIpc) is 2.74. The molecule has 144 valence electrons. The van der Waals surface area contributed by atoms with E-state index in [4.69, 9.17) is 9.72 Å². The van der Waals surface area contributed by atoms with Crippen LogP contribution in [0, 0.1) is 0 Å². The van der Waals surface area contributed by atoms with E-state index in [0.717, 1.165) is 20.7 Å². The number of carbonyl (C=O) groups is 3. The van der Waals surface area contributed by atoms with E-state index in [1.54, 1.807) is 0 Å². The number of anilines is 1. The van der Waals surface area contributed by atoms with E-state index in [1.165, 1.54) is 20.2 Å². The molecule has 8 heteroatoms. The first-order valence-corrected chi connectivity index (χ1v) is 9.01. The lowest BCUT2D eigenvalue weighted by molar-refractivity contribution is -0.134. The fourth-order valence-electron chi connectivity index (χ4n) is 3.39. The summed E-state index contributed by atoms with van der Waals surface area (Å²) >= 11 is 0. The zero-order chi connectivity index (χ0) is 19.8. The Labute approximate surface area is 162 Å². The highest BCUT2D eigenvalue weighted by molar-refractivity contribution is 6.30. The first kappa shape index (κ1) is 18.1. The van der Waals surface area contributed by atoms with Crippen molar-refractivity contribution in [3.05, 3.63) is 41.5 Å². The van der Waals surface area contributed by atoms with Crippen molar-refractivity contribution < 1.29 is 19.1 Å². The molecule has 1 aromatic carbocycles. The lowest BCUT2D eigenvalue weighted by Crippen LogP contribution is -2.52. The molecule has 2 saturated heterocycles. The number of nitrogens with zero attached hydrogens (tertiary/aromatic N) is 4. The van der Waals surface area contributed by atoms with Crippen molar-refractivity contribution in [1.29, 1.82) is 0 Å². The lowest BCUT2D eigenvalue weighted by Gasteiger charge is -2.30. The largest absolute Gasteiger partial charge is 0.378 e. The van der Waals surface area contributed by atoms with Gasteiger partial charge in [-0.25, -0.2) is 9.78 Å². The van der Waals surface area contributed by atoms with E-state index in [2.05, 4.69) is 4.90 Å². The number of barbiturate groups is 1. The number of para-hydroxylation sites is 1. The first-order valence-electron chi connectivity index (χ1n) is 9.01. The summed E-state index contributed by atoms with van der Waals surface area (Å²) in [5, 5.41) is 0.903. The van der Waals surface area contributed by atoms with Crippen molar-refractivity contribution >= 4 is 40.6 Å². The van der Waals surface area contributed by atoms with Gasteiger partial charge in [0.2, 0.25) is 0 Å². The molecule has 2 fully saturated rings. The van der Waals surface area contributed by atoms with Crippen molar-refractivity contribution in [1.82, 2.24) is 14.8 Å². The molecular weight excluding hydrogens is 360 g/mol. The summed E-state index contributed by atoms with van der Waals surface area (Å²) < 4.78 is 5.43. The number of fused-ring (bicyclic) bond motifs is 1. The number of rotatable bonds is 2. The van der Waals surface area contributed by atoms with Gasteiger partial charge in [0.15, 0.2) is 0 Å². The van der Waals surface area contributed by atoms with Crippen LogP contribution in [0.25, 0.3) is 17.0 Å². The van der Waals surface area contributed by atoms with Crippen LogP contribution in [0.15, 0.2) is 35.9 Å². The number of aromatic nitrogens is 1. The van der Waals surface area contributed by atoms with Gasteiger partial charge in [-0.15, -0.1) is 0 Å². The van der Waals surface area contributed by atoms with E-state index in [1.807, 2.05) is 30.3 Å². The summed E-state index contributed by atoms with van der Waals surface area (Å²) in [5.41, 5.74) is 1.43. The van der Waals surface area contributed by atoms with Gasteiger partial charge in [-0.2, -0.15) is 0 Å². The van der Waals surface area contributed by atoms with Crippen molar-refractivity contribution in [2.24, 2.45) is 0 Å². The molecular formula is C20H20N4O4. The number of hydrogen-bond acceptors (Lipinski definition) is 6. The van der Waals surface area contributed by atoms with Gasteiger partial charge < -0.3 is 9.64 Å². The monoisotopic (exact) mass is 380 g/mol. The van der Waals surface area contributed by atoms with Gasteiger partial charge in [0.1, 0.15) is 11.4 Å². The van der Waals surface area contributed by atoms with E-state index < -0.39 is 17.8 Å². The Morgan fingerprint density at radius 3 is 2.32 bits per heavy atom. The van der Waals surface area contributed by atoms with E-state index in [-0.39, 0.29) is 5.57 Å². The summed E-state index contributed by atoms with van der Waals surface area (Å²) in [5.74, 6) is -0.541. The number of imide groups is 2. The molecule has 0 aliphatic carbocycles. The van der Waals surface area contributed by atoms with Gasteiger partial charge in [0.25, 0.3) is 11.8 Å². The Morgan fingerprint density at radius 1 is 1.00 bits per heavy atom. The molecule has 0 spiro atoms. The minimum absolute atomic E-state index is 0.0591. The standard InChI is InChI=1S/C20H20N4O4/c1-22-18(25)15(19(26)23(2)20(22)27)12-14-11-13-5-3-4-6-16(13)21-17(14)24-7-9-28-10-8-24/h3-6,11-12H,7-10H2,1-2H3. The third kappa shape index (κ3) is 3.01. The second kappa shape index (κ2) is 7.05. The van der Waals surface area contributed by atoms with Crippen molar-refractivity contribution in [3.8, 4) is 0 Å². The Bertz CT molecular complexity index is 984. The zero-order valence-electron chi connectivity index (χ0n) is 15.7. The summed E-state index contributed by atoms with van der Waals surface area (Å²) in [6.45, 7) is 2.51. The number of carbonyl (C=O) groups excluding carboxylic acids is 3. The average molecular weight is 380 g/mol. The van der Waals surface area contributed by atoms with Crippen LogP contribution in [-0.2, 0) is 14.3 Å². The van der Waals surface area contributed by atoms with Crippen LogP contribution in [-0.4, -0.2) is 73.0 Å². The number of urea groups is 1. The highest BCUT2D eigenvalue weighted by atomic mass is 16.5. The van der Waals surface area contributed by atoms with Crippen LogP contribution in [0.5, 0.6) is 0 Å². The van der Waals surface area contributed by atoms with Gasteiger partial charge >= 0.3 is 6.03 Å². The summed E-state index contributed by atoms with van der Waals surface area (Å²) in [6, 6.07) is 8.95. The highest BCUT2D eigenvalue weighted by Gasteiger charge is 2.38. The smallest absolute Gasteiger partial charge is 0.333 e. The molecule has 1 aromatic heterocycles. The van der Waals surface area contributed by atoms with Crippen LogP contribution >= 0.6 is 0 Å². The summed E-state index contributed by atoms with van der Waals surface area (Å²) in [4.78, 5) is 45.9. The molecule has 4 rings (SSSR count).